The predicted molar refractivity (Wildman–Crippen MR) is 60.1 cm³/mol. The van der Waals surface area contributed by atoms with Gasteiger partial charge in [-0.25, -0.2) is 0 Å². The van der Waals surface area contributed by atoms with Gasteiger partial charge in [-0.05, 0) is 31.2 Å². The molecule has 5 heteroatoms. The summed E-state index contributed by atoms with van der Waals surface area (Å²) in [5.74, 6) is 0. The van der Waals surface area contributed by atoms with Crippen molar-refractivity contribution in [3.63, 3.8) is 0 Å². The Hall–Kier alpha value is -1.62. The number of aromatic nitrogens is 3. The first-order valence-corrected chi connectivity index (χ1v) is 5.32. The van der Waals surface area contributed by atoms with E-state index in [9.17, 15) is 0 Å². The van der Waals surface area contributed by atoms with E-state index in [4.69, 9.17) is 9.57 Å². The van der Waals surface area contributed by atoms with E-state index in [2.05, 4.69) is 10.3 Å². The second kappa shape index (κ2) is 4.94. The minimum Gasteiger partial charge on any atom is -0.393 e. The van der Waals surface area contributed by atoms with Gasteiger partial charge in [0.05, 0.1) is 12.7 Å². The first-order valence-electron chi connectivity index (χ1n) is 5.32. The summed E-state index contributed by atoms with van der Waals surface area (Å²) in [6.07, 6.45) is 0.219. The molecule has 1 aromatic heterocycles. The highest BCUT2D eigenvalue weighted by Crippen LogP contribution is 2.07. The maximum atomic E-state index is 5.43. The van der Waals surface area contributed by atoms with Gasteiger partial charge in [0.25, 0.3) is 0 Å². The molecule has 0 N–H and O–H groups in total. The monoisotopic (exact) mass is 221 g/mol. The molecule has 5 nitrogen and oxygen atoms in total. The fourth-order valence-corrected chi connectivity index (χ4v) is 1.35. The molecule has 2 aromatic rings. The Morgan fingerprint density at radius 3 is 2.88 bits per heavy atom. The van der Waals surface area contributed by atoms with Gasteiger partial charge in [0.2, 0.25) is 0 Å². The standard InChI is InChI=1S/C11H15N3O2/c1-9(2)15-7-8-16-14-11-6-4-3-5-10(11)12-13-14/h3-6,9H,7-8H2,1-2H3. The topological polar surface area (TPSA) is 49.2 Å². The quantitative estimate of drug-likeness (QED) is 0.714. The highest BCUT2D eigenvalue weighted by molar-refractivity contribution is 5.73. The third kappa shape index (κ3) is 2.49. The number of hydrogen-bond donors (Lipinski definition) is 0. The number of ether oxygens (including phenoxy) is 1. The number of benzene rings is 1. The fourth-order valence-electron chi connectivity index (χ4n) is 1.35. The fraction of sp³-hybridized carbons (Fsp3) is 0.455. The van der Waals surface area contributed by atoms with Crippen LogP contribution in [0.1, 0.15) is 13.8 Å². The molecule has 0 aliphatic rings. The molecule has 0 bridgehead atoms. The van der Waals surface area contributed by atoms with Gasteiger partial charge in [-0.2, -0.15) is 0 Å². The number of rotatable bonds is 5. The van der Waals surface area contributed by atoms with Gasteiger partial charge in [-0.1, -0.05) is 17.0 Å². The van der Waals surface area contributed by atoms with Gasteiger partial charge in [-0.3, -0.25) is 0 Å². The van der Waals surface area contributed by atoms with E-state index in [1.165, 1.54) is 4.85 Å². The van der Waals surface area contributed by atoms with Crippen LogP contribution in [0.3, 0.4) is 0 Å². The highest BCUT2D eigenvalue weighted by Gasteiger charge is 2.03. The third-order valence-electron chi connectivity index (χ3n) is 2.07. The van der Waals surface area contributed by atoms with Crippen LogP contribution >= 0.6 is 0 Å². The van der Waals surface area contributed by atoms with Gasteiger partial charge in [0.15, 0.2) is 0 Å². The second-order valence-electron chi connectivity index (χ2n) is 3.70. The van der Waals surface area contributed by atoms with E-state index in [0.29, 0.717) is 13.2 Å². The maximum absolute atomic E-state index is 5.43. The van der Waals surface area contributed by atoms with E-state index >= 15 is 0 Å². The number of hydrogen-bond acceptors (Lipinski definition) is 4. The largest absolute Gasteiger partial charge is 0.393 e. The van der Waals surface area contributed by atoms with E-state index < -0.39 is 0 Å². The molecule has 86 valence electrons. The van der Waals surface area contributed by atoms with E-state index in [-0.39, 0.29) is 6.10 Å². The molecular weight excluding hydrogens is 206 g/mol. The van der Waals surface area contributed by atoms with Gasteiger partial charge in [0.1, 0.15) is 17.6 Å². The van der Waals surface area contributed by atoms with Crippen molar-refractivity contribution >= 4 is 11.0 Å². The summed E-state index contributed by atoms with van der Waals surface area (Å²) in [5.41, 5.74) is 1.69. The Morgan fingerprint density at radius 2 is 2.06 bits per heavy atom. The zero-order valence-electron chi connectivity index (χ0n) is 9.46. The zero-order chi connectivity index (χ0) is 11.4. The van der Waals surface area contributed by atoms with Crippen LogP contribution in [0.4, 0.5) is 0 Å². The number of nitrogens with zero attached hydrogens (tertiary/aromatic N) is 3. The Balaban J connectivity index is 1.94. The molecule has 0 aliphatic heterocycles. The van der Waals surface area contributed by atoms with Crippen molar-refractivity contribution in [3.8, 4) is 0 Å². The summed E-state index contributed by atoms with van der Waals surface area (Å²) in [4.78, 5) is 6.86. The minimum atomic E-state index is 0.219. The first-order chi connectivity index (χ1) is 7.77. The summed E-state index contributed by atoms with van der Waals surface area (Å²) < 4.78 is 5.37. The van der Waals surface area contributed by atoms with Crippen LogP contribution in [0.5, 0.6) is 0 Å². The van der Waals surface area contributed by atoms with Crippen molar-refractivity contribution in [1.82, 2.24) is 15.2 Å². The van der Waals surface area contributed by atoms with Crippen LogP contribution < -0.4 is 4.84 Å². The number of para-hydroxylation sites is 1. The van der Waals surface area contributed by atoms with E-state index in [1.807, 2.05) is 38.1 Å². The molecule has 1 aromatic carbocycles. The lowest BCUT2D eigenvalue weighted by atomic mass is 10.3. The summed E-state index contributed by atoms with van der Waals surface area (Å²) in [6.45, 7) is 4.99. The molecular formula is C11H15N3O2. The van der Waals surface area contributed by atoms with Crippen LogP contribution in [-0.2, 0) is 4.74 Å². The van der Waals surface area contributed by atoms with Gasteiger partial charge in [0, 0.05) is 0 Å². The molecule has 0 fully saturated rings. The average molecular weight is 221 g/mol. The third-order valence-corrected chi connectivity index (χ3v) is 2.07. The van der Waals surface area contributed by atoms with Crippen molar-refractivity contribution in [2.45, 2.75) is 20.0 Å². The average Bonchev–Trinajstić information content (AvgIpc) is 2.68. The molecule has 16 heavy (non-hydrogen) atoms. The Kier molecular flexibility index (Phi) is 3.36. The van der Waals surface area contributed by atoms with Gasteiger partial charge < -0.3 is 9.57 Å². The molecule has 0 atom stereocenters. The van der Waals surface area contributed by atoms with Crippen molar-refractivity contribution in [1.29, 1.82) is 0 Å². The molecule has 0 spiro atoms. The predicted octanol–water partition coefficient (Wildman–Crippen LogP) is 1.28. The molecule has 0 radical (unpaired) electrons. The molecule has 0 aliphatic carbocycles. The summed E-state index contributed by atoms with van der Waals surface area (Å²) >= 11 is 0. The zero-order valence-corrected chi connectivity index (χ0v) is 9.46. The van der Waals surface area contributed by atoms with Gasteiger partial charge in [-0.15, -0.1) is 5.10 Å². The first kappa shape index (κ1) is 10.9. The van der Waals surface area contributed by atoms with Crippen LogP contribution in [0, 0.1) is 0 Å². The molecule has 0 saturated carbocycles. The van der Waals surface area contributed by atoms with Gasteiger partial charge >= 0.3 is 0 Å². The smallest absolute Gasteiger partial charge is 0.140 e. The molecule has 0 unspecified atom stereocenters. The summed E-state index contributed by atoms with van der Waals surface area (Å²) in [7, 11) is 0. The van der Waals surface area contributed by atoms with Crippen LogP contribution in [0.15, 0.2) is 24.3 Å². The summed E-state index contributed by atoms with van der Waals surface area (Å²) in [5, 5.41) is 7.88. The second-order valence-corrected chi connectivity index (χ2v) is 3.70. The van der Waals surface area contributed by atoms with Crippen LogP contribution in [-0.4, -0.2) is 34.5 Å². The SMILES string of the molecule is CC(C)OCCOn1nnc2ccccc21. The van der Waals surface area contributed by atoms with E-state index in [0.717, 1.165) is 11.0 Å². The van der Waals surface area contributed by atoms with Crippen molar-refractivity contribution in [2.75, 3.05) is 13.2 Å². The minimum absolute atomic E-state index is 0.219. The molecule has 0 amide bonds. The molecule has 2 rings (SSSR count). The Morgan fingerprint density at radius 1 is 1.25 bits per heavy atom. The lowest BCUT2D eigenvalue weighted by molar-refractivity contribution is 0.00536. The lowest BCUT2D eigenvalue weighted by Crippen LogP contribution is -2.19. The van der Waals surface area contributed by atoms with E-state index in [1.54, 1.807) is 0 Å². The number of fused-ring (bicyclic) bond motifs is 1. The van der Waals surface area contributed by atoms with Crippen LogP contribution in [0.2, 0.25) is 0 Å². The highest BCUT2D eigenvalue weighted by atomic mass is 16.7. The lowest BCUT2D eigenvalue weighted by Gasteiger charge is -2.08. The maximum Gasteiger partial charge on any atom is 0.140 e. The Labute approximate surface area is 93.9 Å². The molecule has 1 heterocycles. The summed E-state index contributed by atoms with van der Waals surface area (Å²) in [6, 6.07) is 7.66. The Bertz CT molecular complexity index is 453. The van der Waals surface area contributed by atoms with Crippen molar-refractivity contribution < 1.29 is 9.57 Å². The normalized spacial score (nSPS) is 11.2. The van der Waals surface area contributed by atoms with Crippen LogP contribution in [0.25, 0.3) is 11.0 Å². The molecule has 0 saturated heterocycles. The van der Waals surface area contributed by atoms with Crippen molar-refractivity contribution in [2.24, 2.45) is 0 Å². The van der Waals surface area contributed by atoms with Crippen molar-refractivity contribution in [3.05, 3.63) is 24.3 Å².